The Hall–Kier alpha value is -1.89. The van der Waals surface area contributed by atoms with Gasteiger partial charge in [-0.25, -0.2) is 4.79 Å². The number of amides is 2. The van der Waals surface area contributed by atoms with Crippen molar-refractivity contribution in [1.29, 1.82) is 0 Å². The summed E-state index contributed by atoms with van der Waals surface area (Å²) in [5, 5.41) is 10.6. The van der Waals surface area contributed by atoms with Crippen LogP contribution in [0.1, 0.15) is 39.8 Å². The van der Waals surface area contributed by atoms with Crippen LogP contribution in [0.5, 0.6) is 0 Å². The molecule has 102 valence electrons. The SMILES string of the molecule is CC(C(=O)O)N(C(=O)c1cc(C(N)=O)cs1)C1CC1. The Balaban J connectivity index is 2.23. The first-order valence-electron chi connectivity index (χ1n) is 5.85. The Morgan fingerprint density at radius 3 is 2.53 bits per heavy atom. The van der Waals surface area contributed by atoms with Gasteiger partial charge < -0.3 is 15.7 Å². The van der Waals surface area contributed by atoms with Gasteiger partial charge >= 0.3 is 5.97 Å². The van der Waals surface area contributed by atoms with Gasteiger partial charge in [-0.15, -0.1) is 11.3 Å². The van der Waals surface area contributed by atoms with E-state index in [4.69, 9.17) is 10.8 Å². The summed E-state index contributed by atoms with van der Waals surface area (Å²) in [6, 6.07) is 0.524. The number of primary amides is 1. The van der Waals surface area contributed by atoms with E-state index in [-0.39, 0.29) is 17.5 Å². The number of carbonyl (C=O) groups is 3. The Morgan fingerprint density at radius 1 is 1.47 bits per heavy atom. The Labute approximate surface area is 113 Å². The van der Waals surface area contributed by atoms with E-state index in [2.05, 4.69) is 0 Å². The van der Waals surface area contributed by atoms with Gasteiger partial charge in [0.15, 0.2) is 0 Å². The quantitative estimate of drug-likeness (QED) is 0.838. The van der Waals surface area contributed by atoms with Gasteiger partial charge in [-0.1, -0.05) is 0 Å². The minimum atomic E-state index is -1.04. The second kappa shape index (κ2) is 5.00. The Bertz CT molecular complexity index is 536. The number of nitrogens with zero attached hydrogens (tertiary/aromatic N) is 1. The van der Waals surface area contributed by atoms with Crippen LogP contribution >= 0.6 is 11.3 Å². The average Bonchev–Trinajstić information content (AvgIpc) is 3.04. The summed E-state index contributed by atoms with van der Waals surface area (Å²) in [6.45, 7) is 1.49. The van der Waals surface area contributed by atoms with Crippen LogP contribution in [-0.2, 0) is 4.79 Å². The van der Waals surface area contributed by atoms with Crippen molar-refractivity contribution in [3.8, 4) is 0 Å². The van der Waals surface area contributed by atoms with E-state index in [0.717, 1.165) is 24.2 Å². The van der Waals surface area contributed by atoms with E-state index in [9.17, 15) is 14.4 Å². The standard InChI is InChI=1S/C12H14N2O4S/c1-6(12(17)18)14(8-2-3-8)11(16)9-4-7(5-19-9)10(13)15/h4-6,8H,2-3H2,1H3,(H2,13,15)(H,17,18). The molecule has 0 spiro atoms. The normalized spacial score (nSPS) is 15.8. The summed E-state index contributed by atoms with van der Waals surface area (Å²) < 4.78 is 0. The summed E-state index contributed by atoms with van der Waals surface area (Å²) in [6.07, 6.45) is 1.63. The molecule has 7 heteroatoms. The first-order chi connectivity index (χ1) is 8.91. The van der Waals surface area contributed by atoms with Gasteiger partial charge in [-0.2, -0.15) is 0 Å². The van der Waals surface area contributed by atoms with Gasteiger partial charge in [-0.05, 0) is 25.8 Å². The number of carboxylic acids is 1. The van der Waals surface area contributed by atoms with E-state index in [1.54, 1.807) is 0 Å². The molecule has 0 saturated heterocycles. The molecule has 1 aromatic rings. The number of aliphatic carboxylic acids is 1. The van der Waals surface area contributed by atoms with E-state index < -0.39 is 17.9 Å². The molecule has 1 aromatic heterocycles. The van der Waals surface area contributed by atoms with Crippen LogP contribution in [0.3, 0.4) is 0 Å². The predicted octanol–water partition coefficient (Wildman–Crippen LogP) is 0.925. The molecule has 0 aliphatic heterocycles. The smallest absolute Gasteiger partial charge is 0.326 e. The van der Waals surface area contributed by atoms with E-state index >= 15 is 0 Å². The van der Waals surface area contributed by atoms with Crippen molar-refractivity contribution >= 4 is 29.1 Å². The molecule has 19 heavy (non-hydrogen) atoms. The topological polar surface area (TPSA) is 101 Å². The Morgan fingerprint density at radius 2 is 2.11 bits per heavy atom. The van der Waals surface area contributed by atoms with Crippen molar-refractivity contribution in [2.75, 3.05) is 0 Å². The van der Waals surface area contributed by atoms with Crippen molar-refractivity contribution in [2.45, 2.75) is 31.8 Å². The highest BCUT2D eigenvalue weighted by Gasteiger charge is 2.39. The molecule has 1 atom stereocenters. The molecule has 0 aromatic carbocycles. The lowest BCUT2D eigenvalue weighted by molar-refractivity contribution is -0.141. The Kier molecular flexibility index (Phi) is 3.57. The summed E-state index contributed by atoms with van der Waals surface area (Å²) in [5.41, 5.74) is 5.40. The number of hydrogen-bond acceptors (Lipinski definition) is 4. The molecule has 0 bridgehead atoms. The summed E-state index contributed by atoms with van der Waals surface area (Å²) in [4.78, 5) is 36.1. The first kappa shape index (κ1) is 13.5. The summed E-state index contributed by atoms with van der Waals surface area (Å²) in [7, 11) is 0. The highest BCUT2D eigenvalue weighted by molar-refractivity contribution is 7.12. The number of carboxylic acid groups (broad SMARTS) is 1. The van der Waals surface area contributed by atoms with Crippen molar-refractivity contribution in [3.05, 3.63) is 21.9 Å². The third-order valence-corrected chi connectivity index (χ3v) is 3.96. The monoisotopic (exact) mass is 282 g/mol. The zero-order valence-corrected chi connectivity index (χ0v) is 11.1. The second-order valence-corrected chi connectivity index (χ2v) is 5.43. The first-order valence-corrected chi connectivity index (χ1v) is 6.73. The summed E-state index contributed by atoms with van der Waals surface area (Å²) in [5.74, 6) is -1.98. The van der Waals surface area contributed by atoms with Gasteiger partial charge in [0, 0.05) is 11.4 Å². The molecule has 2 rings (SSSR count). The zero-order chi connectivity index (χ0) is 14.2. The fourth-order valence-corrected chi connectivity index (χ4v) is 2.67. The van der Waals surface area contributed by atoms with Gasteiger partial charge in [0.2, 0.25) is 5.91 Å². The minimum absolute atomic E-state index is 0.0160. The maximum absolute atomic E-state index is 12.3. The van der Waals surface area contributed by atoms with Crippen LogP contribution in [0, 0.1) is 0 Å². The van der Waals surface area contributed by atoms with Gasteiger partial charge in [0.25, 0.3) is 5.91 Å². The van der Waals surface area contributed by atoms with Gasteiger partial charge in [0.1, 0.15) is 6.04 Å². The molecule has 1 aliphatic rings. The molecular formula is C12H14N2O4S. The van der Waals surface area contributed by atoms with Crippen LogP contribution in [0.4, 0.5) is 0 Å². The molecule has 1 unspecified atom stereocenters. The number of rotatable bonds is 5. The average molecular weight is 282 g/mol. The number of hydrogen-bond donors (Lipinski definition) is 2. The molecule has 1 aliphatic carbocycles. The zero-order valence-electron chi connectivity index (χ0n) is 10.3. The molecular weight excluding hydrogens is 268 g/mol. The number of thiophene rings is 1. The van der Waals surface area contributed by atoms with Crippen molar-refractivity contribution in [2.24, 2.45) is 5.73 Å². The van der Waals surface area contributed by atoms with Crippen molar-refractivity contribution in [1.82, 2.24) is 4.90 Å². The van der Waals surface area contributed by atoms with Crippen LogP contribution in [0.2, 0.25) is 0 Å². The molecule has 3 N–H and O–H groups in total. The lowest BCUT2D eigenvalue weighted by Gasteiger charge is -2.25. The van der Waals surface area contributed by atoms with Crippen molar-refractivity contribution < 1.29 is 19.5 Å². The molecule has 1 fully saturated rings. The lowest BCUT2D eigenvalue weighted by atomic mass is 10.2. The predicted molar refractivity (Wildman–Crippen MR) is 69.1 cm³/mol. The second-order valence-electron chi connectivity index (χ2n) is 4.52. The highest BCUT2D eigenvalue weighted by Crippen LogP contribution is 2.31. The molecule has 1 saturated carbocycles. The molecule has 2 amide bonds. The van der Waals surface area contributed by atoms with Gasteiger partial charge in [-0.3, -0.25) is 9.59 Å². The molecule has 0 radical (unpaired) electrons. The van der Waals surface area contributed by atoms with Crippen LogP contribution < -0.4 is 5.73 Å². The third kappa shape index (κ3) is 2.76. The fourth-order valence-electron chi connectivity index (χ4n) is 1.83. The van der Waals surface area contributed by atoms with Gasteiger partial charge in [0.05, 0.1) is 10.4 Å². The maximum Gasteiger partial charge on any atom is 0.326 e. The van der Waals surface area contributed by atoms with E-state index in [1.807, 2.05) is 0 Å². The van der Waals surface area contributed by atoms with Crippen LogP contribution in [-0.4, -0.2) is 39.9 Å². The highest BCUT2D eigenvalue weighted by atomic mass is 32.1. The lowest BCUT2D eigenvalue weighted by Crippen LogP contribution is -2.44. The largest absolute Gasteiger partial charge is 0.480 e. The molecule has 1 heterocycles. The summed E-state index contributed by atoms with van der Waals surface area (Å²) >= 11 is 1.10. The van der Waals surface area contributed by atoms with E-state index in [1.165, 1.54) is 23.3 Å². The number of nitrogens with two attached hydrogens (primary N) is 1. The maximum atomic E-state index is 12.3. The van der Waals surface area contributed by atoms with Crippen LogP contribution in [0.25, 0.3) is 0 Å². The molecule has 6 nitrogen and oxygen atoms in total. The third-order valence-electron chi connectivity index (χ3n) is 3.04. The van der Waals surface area contributed by atoms with Crippen molar-refractivity contribution in [3.63, 3.8) is 0 Å². The fraction of sp³-hybridized carbons (Fsp3) is 0.417. The minimum Gasteiger partial charge on any atom is -0.480 e. The number of carbonyl (C=O) groups excluding carboxylic acids is 2. The van der Waals surface area contributed by atoms with E-state index in [0.29, 0.717) is 4.88 Å². The van der Waals surface area contributed by atoms with Crippen LogP contribution in [0.15, 0.2) is 11.4 Å².